The van der Waals surface area contributed by atoms with Crippen LogP contribution >= 0.6 is 23.2 Å². The van der Waals surface area contributed by atoms with E-state index in [0.717, 1.165) is 5.56 Å². The van der Waals surface area contributed by atoms with Crippen molar-refractivity contribution in [1.29, 1.82) is 0 Å². The van der Waals surface area contributed by atoms with E-state index in [-0.39, 0.29) is 18.1 Å². The number of aliphatic hydroxyl groups excluding tert-OH is 1. The van der Waals surface area contributed by atoms with E-state index in [0.29, 0.717) is 15.6 Å². The van der Waals surface area contributed by atoms with Gasteiger partial charge in [-0.3, -0.25) is 4.79 Å². The molecule has 0 spiro atoms. The monoisotopic (exact) mass is 379 g/mol. The smallest absolute Gasteiger partial charge is 0.254 e. The van der Waals surface area contributed by atoms with Gasteiger partial charge < -0.3 is 14.7 Å². The number of halogens is 2. The van der Waals surface area contributed by atoms with Gasteiger partial charge in [-0.15, -0.1) is 0 Å². The van der Waals surface area contributed by atoms with E-state index in [2.05, 4.69) is 0 Å². The van der Waals surface area contributed by atoms with E-state index < -0.39 is 12.2 Å². The van der Waals surface area contributed by atoms with Crippen molar-refractivity contribution in [2.75, 3.05) is 7.05 Å². The number of ether oxygens (including phenoxy) is 1. The lowest BCUT2D eigenvalue weighted by Gasteiger charge is -2.42. The first kappa shape index (κ1) is 18.2. The molecule has 2 aromatic carbocycles. The predicted octanol–water partition coefficient (Wildman–Crippen LogP) is 4.01. The molecule has 0 radical (unpaired) electrons. The largest absolute Gasteiger partial charge is 0.385 e. The van der Waals surface area contributed by atoms with Crippen LogP contribution in [0.5, 0.6) is 0 Å². The van der Waals surface area contributed by atoms with Gasteiger partial charge in [0, 0.05) is 17.1 Å². The highest BCUT2D eigenvalue weighted by atomic mass is 35.5. The van der Waals surface area contributed by atoms with Gasteiger partial charge in [0.25, 0.3) is 5.91 Å². The van der Waals surface area contributed by atoms with Crippen LogP contribution in [0.4, 0.5) is 0 Å². The maximum atomic E-state index is 12.7. The number of hydrogen-bond donors (Lipinski definition) is 1. The second kappa shape index (κ2) is 7.34. The molecule has 1 heterocycles. The first-order valence-corrected chi connectivity index (χ1v) is 8.75. The van der Waals surface area contributed by atoms with Crippen LogP contribution in [0, 0.1) is 0 Å². The van der Waals surface area contributed by atoms with Crippen LogP contribution in [-0.2, 0) is 9.53 Å². The summed E-state index contributed by atoms with van der Waals surface area (Å²) in [5.41, 5.74) is 1.40. The Bertz CT molecular complexity index is 748. The number of amides is 1. The van der Waals surface area contributed by atoms with E-state index in [1.54, 1.807) is 30.1 Å². The third-order valence-corrected chi connectivity index (χ3v) is 5.01. The topological polar surface area (TPSA) is 49.8 Å². The maximum absolute atomic E-state index is 12.7. The summed E-state index contributed by atoms with van der Waals surface area (Å²) in [6.45, 7) is 1.93. The number of nitrogens with zero attached hydrogens (tertiary/aromatic N) is 1. The van der Waals surface area contributed by atoms with Crippen molar-refractivity contribution in [2.24, 2.45) is 0 Å². The van der Waals surface area contributed by atoms with Crippen LogP contribution in [0.3, 0.4) is 0 Å². The fourth-order valence-electron chi connectivity index (χ4n) is 3.06. The van der Waals surface area contributed by atoms with Crippen LogP contribution in [0.2, 0.25) is 10.0 Å². The highest BCUT2D eigenvalue weighted by Gasteiger charge is 2.43. The Labute approximate surface area is 156 Å². The Kier molecular flexibility index (Phi) is 5.35. The SMILES string of the molecule is C[C@H]1[C@H](c2ccccc2)O[C@H]([C@@H](O)c2cc(Cl)cc(Cl)c2)C(=O)N1C. The molecule has 1 N–H and O–H groups in total. The molecule has 132 valence electrons. The van der Waals surface area contributed by atoms with Gasteiger partial charge in [0.05, 0.1) is 6.04 Å². The summed E-state index contributed by atoms with van der Waals surface area (Å²) in [4.78, 5) is 14.3. The van der Waals surface area contributed by atoms with E-state index in [1.165, 1.54) is 0 Å². The number of rotatable bonds is 3. The van der Waals surface area contributed by atoms with E-state index in [4.69, 9.17) is 27.9 Å². The Hall–Kier alpha value is -1.59. The molecule has 1 fully saturated rings. The Morgan fingerprint density at radius 1 is 1.12 bits per heavy atom. The van der Waals surface area contributed by atoms with E-state index in [9.17, 15) is 9.90 Å². The average Bonchev–Trinajstić information content (AvgIpc) is 2.59. The lowest BCUT2D eigenvalue weighted by molar-refractivity contribution is -0.183. The average molecular weight is 380 g/mol. The van der Waals surface area contributed by atoms with Gasteiger partial charge in [-0.2, -0.15) is 0 Å². The zero-order valence-corrected chi connectivity index (χ0v) is 15.4. The van der Waals surface area contributed by atoms with Crippen molar-refractivity contribution in [3.8, 4) is 0 Å². The van der Waals surface area contributed by atoms with E-state index in [1.807, 2.05) is 37.3 Å². The molecule has 1 aliphatic heterocycles. The van der Waals surface area contributed by atoms with Crippen LogP contribution in [-0.4, -0.2) is 35.1 Å². The number of morpholine rings is 1. The molecular weight excluding hydrogens is 361 g/mol. The minimum Gasteiger partial charge on any atom is -0.385 e. The van der Waals surface area contributed by atoms with E-state index >= 15 is 0 Å². The van der Waals surface area contributed by atoms with Crippen molar-refractivity contribution in [3.05, 3.63) is 69.7 Å². The molecule has 25 heavy (non-hydrogen) atoms. The van der Waals surface area contributed by atoms with Crippen molar-refractivity contribution >= 4 is 29.1 Å². The predicted molar refractivity (Wildman–Crippen MR) is 97.7 cm³/mol. The molecule has 2 aromatic rings. The lowest BCUT2D eigenvalue weighted by Crippen LogP contribution is -2.53. The summed E-state index contributed by atoms with van der Waals surface area (Å²) in [5.74, 6) is -0.275. The second-order valence-corrected chi connectivity index (χ2v) is 7.10. The van der Waals surface area contributed by atoms with Crippen LogP contribution < -0.4 is 0 Å². The molecule has 0 aliphatic carbocycles. The van der Waals surface area contributed by atoms with Crippen molar-refractivity contribution < 1.29 is 14.6 Å². The van der Waals surface area contributed by atoms with Crippen LogP contribution in [0.1, 0.15) is 30.3 Å². The molecule has 0 bridgehead atoms. The molecule has 0 aromatic heterocycles. The van der Waals surface area contributed by atoms with Gasteiger partial charge >= 0.3 is 0 Å². The number of hydrogen-bond acceptors (Lipinski definition) is 3. The molecule has 6 heteroatoms. The minimum absolute atomic E-state index is 0.152. The molecule has 4 nitrogen and oxygen atoms in total. The molecule has 3 rings (SSSR count). The number of aliphatic hydroxyl groups is 1. The molecule has 0 unspecified atom stereocenters. The summed E-state index contributed by atoms with van der Waals surface area (Å²) >= 11 is 12.0. The number of carbonyl (C=O) groups excluding carboxylic acids is 1. The van der Waals surface area contributed by atoms with Crippen molar-refractivity contribution in [1.82, 2.24) is 4.90 Å². The quantitative estimate of drug-likeness (QED) is 0.875. The fourth-order valence-corrected chi connectivity index (χ4v) is 3.61. The van der Waals surface area contributed by atoms with Gasteiger partial charge in [0.1, 0.15) is 12.2 Å². The Morgan fingerprint density at radius 2 is 1.72 bits per heavy atom. The molecule has 0 saturated carbocycles. The lowest BCUT2D eigenvalue weighted by atomic mass is 9.96. The zero-order valence-electron chi connectivity index (χ0n) is 13.9. The minimum atomic E-state index is -1.16. The number of benzene rings is 2. The highest BCUT2D eigenvalue weighted by molar-refractivity contribution is 6.34. The van der Waals surface area contributed by atoms with Gasteiger partial charge in [-0.1, -0.05) is 53.5 Å². The summed E-state index contributed by atoms with van der Waals surface area (Å²) in [6, 6.07) is 14.3. The normalized spacial score (nSPS) is 25.1. The molecule has 4 atom stereocenters. The van der Waals surface area contributed by atoms with Crippen LogP contribution in [0.15, 0.2) is 48.5 Å². The third kappa shape index (κ3) is 3.67. The maximum Gasteiger partial charge on any atom is 0.254 e. The summed E-state index contributed by atoms with van der Waals surface area (Å²) in [7, 11) is 1.72. The highest BCUT2D eigenvalue weighted by Crippen LogP contribution is 2.36. The summed E-state index contributed by atoms with van der Waals surface area (Å²) in [6.07, 6.45) is -2.52. The number of carbonyl (C=O) groups is 1. The molecule has 1 amide bonds. The zero-order chi connectivity index (χ0) is 18.1. The summed E-state index contributed by atoms with van der Waals surface area (Å²) in [5, 5.41) is 11.5. The van der Waals surface area contributed by atoms with Crippen LogP contribution in [0.25, 0.3) is 0 Å². The van der Waals surface area contributed by atoms with Crippen molar-refractivity contribution in [3.63, 3.8) is 0 Å². The molecule has 1 aliphatic rings. The van der Waals surface area contributed by atoms with Gasteiger partial charge in [-0.05, 0) is 36.2 Å². The standard InChI is InChI=1S/C19H19Cl2NO3/c1-11-17(12-6-4-3-5-7-12)25-18(19(24)22(11)2)16(23)13-8-14(20)10-15(21)9-13/h3-11,16-18,23H,1-2H3/t11-,16-,17+,18+/m0/s1. The number of likely N-dealkylation sites (N-methyl/N-ethyl adjacent to an activating group) is 1. The Morgan fingerprint density at radius 3 is 2.32 bits per heavy atom. The van der Waals surface area contributed by atoms with Gasteiger partial charge in [0.15, 0.2) is 6.10 Å². The fraction of sp³-hybridized carbons (Fsp3) is 0.316. The molecule has 1 saturated heterocycles. The Balaban J connectivity index is 1.93. The summed E-state index contributed by atoms with van der Waals surface area (Å²) < 4.78 is 6.04. The first-order valence-electron chi connectivity index (χ1n) is 7.99. The van der Waals surface area contributed by atoms with Gasteiger partial charge in [-0.25, -0.2) is 0 Å². The van der Waals surface area contributed by atoms with Crippen molar-refractivity contribution in [2.45, 2.75) is 31.3 Å². The third-order valence-electron chi connectivity index (χ3n) is 4.57. The second-order valence-electron chi connectivity index (χ2n) is 6.23. The first-order chi connectivity index (χ1) is 11.9. The van der Waals surface area contributed by atoms with Gasteiger partial charge in [0.2, 0.25) is 0 Å². The molecular formula is C19H19Cl2NO3.